The van der Waals surface area contributed by atoms with Crippen LogP contribution in [0, 0.1) is 16.3 Å². The summed E-state index contributed by atoms with van der Waals surface area (Å²) in [5.74, 6) is -0.0579. The van der Waals surface area contributed by atoms with Crippen LogP contribution in [-0.2, 0) is 6.42 Å². The van der Waals surface area contributed by atoms with Crippen molar-refractivity contribution in [3.63, 3.8) is 0 Å². The monoisotopic (exact) mass is 236 g/mol. The van der Waals surface area contributed by atoms with Gasteiger partial charge in [-0.1, -0.05) is 25.5 Å². The van der Waals surface area contributed by atoms with Crippen LogP contribution in [0.25, 0.3) is 0 Å². The van der Waals surface area contributed by atoms with Crippen LogP contribution in [0.4, 0.5) is 4.39 Å². The average Bonchev–Trinajstić information content (AvgIpc) is 2.62. The molecular weight excluding hydrogens is 223 g/mol. The van der Waals surface area contributed by atoms with E-state index in [2.05, 4.69) is 6.92 Å². The molecule has 0 aromatic carbocycles. The molecule has 1 heterocycles. The molecule has 16 heavy (non-hydrogen) atoms. The highest BCUT2D eigenvalue weighted by Crippen LogP contribution is 2.24. The molecule has 0 radical (unpaired) electrons. The number of thiophene rings is 1. The molecule has 0 saturated heterocycles. The van der Waals surface area contributed by atoms with Crippen molar-refractivity contribution in [3.05, 3.63) is 51.5 Å². The first-order valence-electron chi connectivity index (χ1n) is 5.27. The first-order valence-corrected chi connectivity index (χ1v) is 6.15. The van der Waals surface area contributed by atoms with Crippen molar-refractivity contribution in [1.29, 1.82) is 0 Å². The Bertz CT molecular complexity index is 574. The Labute approximate surface area is 97.5 Å². The van der Waals surface area contributed by atoms with E-state index in [1.54, 1.807) is 6.07 Å². The molecule has 84 valence electrons. The molecular formula is C13H13FOS. The van der Waals surface area contributed by atoms with Crippen LogP contribution in [0.15, 0.2) is 29.6 Å². The van der Waals surface area contributed by atoms with Crippen molar-refractivity contribution in [1.82, 2.24) is 0 Å². The van der Waals surface area contributed by atoms with Crippen LogP contribution in [0.3, 0.4) is 0 Å². The van der Waals surface area contributed by atoms with Crippen LogP contribution in [0.2, 0.25) is 0 Å². The molecule has 0 unspecified atom stereocenters. The van der Waals surface area contributed by atoms with Crippen LogP contribution < -0.4 is 0 Å². The van der Waals surface area contributed by atoms with Crippen molar-refractivity contribution < 1.29 is 9.50 Å². The van der Waals surface area contributed by atoms with Crippen molar-refractivity contribution in [3.8, 4) is 5.06 Å². The van der Waals surface area contributed by atoms with Crippen molar-refractivity contribution in [2.24, 2.45) is 0 Å². The van der Waals surface area contributed by atoms with E-state index < -0.39 is 0 Å². The first kappa shape index (κ1) is 11.1. The lowest BCUT2D eigenvalue weighted by Gasteiger charge is -2.00. The number of benzene rings is 1. The summed E-state index contributed by atoms with van der Waals surface area (Å²) in [6, 6.07) is 7.20. The van der Waals surface area contributed by atoms with Crippen molar-refractivity contribution in [2.75, 3.05) is 0 Å². The molecule has 0 amide bonds. The topological polar surface area (TPSA) is 20.2 Å². The number of halogens is 1. The molecule has 0 fully saturated rings. The fraction of sp³-hybridized carbons (Fsp3) is 0.231. The summed E-state index contributed by atoms with van der Waals surface area (Å²) in [4.78, 5) is 0. The van der Waals surface area contributed by atoms with E-state index in [-0.39, 0.29) is 5.82 Å². The normalized spacial score (nSPS) is 10.6. The van der Waals surface area contributed by atoms with Gasteiger partial charge in [-0.05, 0) is 29.2 Å². The van der Waals surface area contributed by atoms with E-state index in [9.17, 15) is 4.39 Å². The van der Waals surface area contributed by atoms with E-state index in [1.807, 2.05) is 17.5 Å². The zero-order valence-electron chi connectivity index (χ0n) is 9.03. The minimum absolute atomic E-state index is 0.0579. The number of aromatic hydroxyl groups is 1. The van der Waals surface area contributed by atoms with Gasteiger partial charge in [0.05, 0.1) is 0 Å². The number of hydrogen-bond donors (Lipinski definition) is 1. The minimum Gasteiger partial charge on any atom is -0.499 e. The smallest absolute Gasteiger partial charge is 0.174 e. The molecule has 1 aromatic heterocycles. The second-order valence-corrected chi connectivity index (χ2v) is 4.59. The largest absolute Gasteiger partial charge is 0.499 e. The molecule has 3 heteroatoms. The number of rotatable bonds is 2. The maximum Gasteiger partial charge on any atom is 0.174 e. The van der Waals surface area contributed by atoms with Gasteiger partial charge >= 0.3 is 0 Å². The number of aryl methyl sites for hydroxylation is 1. The Morgan fingerprint density at radius 2 is 2.12 bits per heavy atom. The Morgan fingerprint density at radius 3 is 2.38 bits per heavy atom. The average molecular weight is 236 g/mol. The molecule has 2 aliphatic rings. The van der Waals surface area contributed by atoms with E-state index in [0.717, 1.165) is 28.8 Å². The van der Waals surface area contributed by atoms with Crippen molar-refractivity contribution >= 4 is 11.3 Å². The fourth-order valence-electron chi connectivity index (χ4n) is 1.53. The third-order valence-electron chi connectivity index (χ3n) is 2.52. The predicted octanol–water partition coefficient (Wildman–Crippen LogP) is 3.83. The van der Waals surface area contributed by atoms with Gasteiger partial charge in [0.15, 0.2) is 5.06 Å². The molecule has 1 N–H and O–H groups in total. The third-order valence-corrected chi connectivity index (χ3v) is 3.28. The van der Waals surface area contributed by atoms with Crippen LogP contribution in [0.1, 0.15) is 18.9 Å². The second kappa shape index (κ2) is 4.66. The Morgan fingerprint density at radius 1 is 1.31 bits per heavy atom. The predicted molar refractivity (Wildman–Crippen MR) is 64.1 cm³/mol. The maximum atomic E-state index is 12.0. The van der Waals surface area contributed by atoms with E-state index in [1.165, 1.54) is 17.4 Å². The maximum absolute atomic E-state index is 12.0. The van der Waals surface area contributed by atoms with Crippen molar-refractivity contribution in [2.45, 2.75) is 19.8 Å². The SMILES string of the molecule is CCCc1ccsc1O.Fc1cc2ccc1=2. The standard InChI is InChI=1S/C7H10OS.C6H3F/c1-2-3-6-4-5-9-7(6)8;7-6-3-4-1-2-5(4)6/h4-5,8H,2-3H2,1H3;1-3H. The van der Waals surface area contributed by atoms with Gasteiger partial charge in [-0.25, -0.2) is 4.39 Å². The van der Waals surface area contributed by atoms with E-state index in [4.69, 9.17) is 5.11 Å². The summed E-state index contributed by atoms with van der Waals surface area (Å²) >= 11 is 1.40. The molecule has 3 rings (SSSR count). The Hall–Kier alpha value is -1.35. The Balaban J connectivity index is 0.000000123. The molecule has 2 aliphatic carbocycles. The zero-order chi connectivity index (χ0) is 11.5. The third kappa shape index (κ3) is 2.09. The van der Waals surface area contributed by atoms with Crippen LogP contribution >= 0.6 is 11.3 Å². The lowest BCUT2D eigenvalue weighted by Crippen LogP contribution is -1.90. The fourth-order valence-corrected chi connectivity index (χ4v) is 2.21. The minimum atomic E-state index is -0.0579. The molecule has 1 nitrogen and oxygen atoms in total. The lowest BCUT2D eigenvalue weighted by atomic mass is 10.1. The summed E-state index contributed by atoms with van der Waals surface area (Å²) in [6.07, 6.45) is 2.10. The highest BCUT2D eigenvalue weighted by Gasteiger charge is 2.01. The summed E-state index contributed by atoms with van der Waals surface area (Å²) in [5.41, 5.74) is 1.09. The highest BCUT2D eigenvalue weighted by atomic mass is 32.1. The van der Waals surface area contributed by atoms with Gasteiger partial charge in [-0.15, -0.1) is 11.3 Å². The van der Waals surface area contributed by atoms with Gasteiger partial charge in [0.25, 0.3) is 0 Å². The molecule has 1 aromatic rings. The van der Waals surface area contributed by atoms with E-state index >= 15 is 0 Å². The van der Waals surface area contributed by atoms with Gasteiger partial charge in [-0.3, -0.25) is 0 Å². The van der Waals surface area contributed by atoms with Crippen LogP contribution in [-0.4, -0.2) is 5.11 Å². The van der Waals surface area contributed by atoms with Gasteiger partial charge < -0.3 is 5.11 Å². The first-order chi connectivity index (χ1) is 7.72. The quantitative estimate of drug-likeness (QED) is 0.717. The molecule has 0 saturated carbocycles. The second-order valence-electron chi connectivity index (χ2n) is 3.70. The summed E-state index contributed by atoms with van der Waals surface area (Å²) in [5, 5.41) is 13.4. The van der Waals surface area contributed by atoms with E-state index in [0.29, 0.717) is 5.06 Å². The zero-order valence-corrected chi connectivity index (χ0v) is 9.85. The molecule has 0 aliphatic heterocycles. The van der Waals surface area contributed by atoms with Gasteiger partial charge in [-0.2, -0.15) is 0 Å². The Kier molecular flexibility index (Phi) is 3.25. The summed E-state index contributed by atoms with van der Waals surface area (Å²) < 4.78 is 12.0. The summed E-state index contributed by atoms with van der Waals surface area (Å²) in [7, 11) is 0. The molecule has 0 spiro atoms. The summed E-state index contributed by atoms with van der Waals surface area (Å²) in [6.45, 7) is 2.11. The highest BCUT2D eigenvalue weighted by molar-refractivity contribution is 7.11. The molecule has 0 bridgehead atoms. The lowest BCUT2D eigenvalue weighted by molar-refractivity contribution is 0.484. The van der Waals surface area contributed by atoms with Gasteiger partial charge in [0.2, 0.25) is 0 Å². The number of hydrogen-bond acceptors (Lipinski definition) is 2. The molecule has 0 atom stereocenters. The van der Waals surface area contributed by atoms with Gasteiger partial charge in [0.1, 0.15) is 5.82 Å². The van der Waals surface area contributed by atoms with Gasteiger partial charge in [0, 0.05) is 10.8 Å². The van der Waals surface area contributed by atoms with Crippen LogP contribution in [0.5, 0.6) is 5.06 Å².